The Morgan fingerprint density at radius 3 is 2.58 bits per heavy atom. The fourth-order valence-electron chi connectivity index (χ4n) is 2.54. The molecule has 3 heteroatoms. The van der Waals surface area contributed by atoms with Crippen molar-refractivity contribution in [2.75, 3.05) is 25.5 Å². The summed E-state index contributed by atoms with van der Waals surface area (Å²) >= 11 is 0. The Balaban J connectivity index is 1.98. The van der Waals surface area contributed by atoms with E-state index in [2.05, 4.69) is 38.2 Å². The van der Waals surface area contributed by atoms with Crippen LogP contribution in [0.4, 0.5) is 5.69 Å². The number of nitrogens with one attached hydrogen (secondary N) is 1. The maximum absolute atomic E-state index is 5.75. The van der Waals surface area contributed by atoms with E-state index in [9.17, 15) is 0 Å². The van der Waals surface area contributed by atoms with Gasteiger partial charge in [-0.05, 0) is 37.5 Å². The van der Waals surface area contributed by atoms with E-state index in [0.717, 1.165) is 31.9 Å². The molecule has 1 aliphatic rings. The van der Waals surface area contributed by atoms with Crippen LogP contribution in [-0.4, -0.2) is 25.3 Å². The third-order valence-corrected chi connectivity index (χ3v) is 4.09. The van der Waals surface area contributed by atoms with Crippen LogP contribution in [0.3, 0.4) is 0 Å². The molecule has 3 N–H and O–H groups in total. The van der Waals surface area contributed by atoms with Gasteiger partial charge in [0.25, 0.3) is 0 Å². The first kappa shape index (κ1) is 14.4. The van der Waals surface area contributed by atoms with Crippen LogP contribution in [0.5, 0.6) is 0 Å². The Bertz CT molecular complexity index is 405. The number of anilines is 1. The van der Waals surface area contributed by atoms with Crippen LogP contribution in [0.2, 0.25) is 0 Å². The Hall–Kier alpha value is -1.06. The Labute approximate surface area is 116 Å². The molecule has 0 aliphatic carbocycles. The average molecular weight is 262 g/mol. The molecule has 19 heavy (non-hydrogen) atoms. The number of ether oxygens (including phenoxy) is 1. The second kappa shape index (κ2) is 5.51. The summed E-state index contributed by atoms with van der Waals surface area (Å²) in [6, 6.07) is 8.19. The fourth-order valence-corrected chi connectivity index (χ4v) is 2.54. The van der Waals surface area contributed by atoms with E-state index in [1.165, 1.54) is 12.0 Å². The summed E-state index contributed by atoms with van der Waals surface area (Å²) in [5.74, 6) is 0. The van der Waals surface area contributed by atoms with Crippen molar-refractivity contribution in [1.29, 1.82) is 0 Å². The highest BCUT2D eigenvalue weighted by molar-refractivity contribution is 5.41. The first-order valence-electron chi connectivity index (χ1n) is 7.10. The van der Waals surface area contributed by atoms with Crippen LogP contribution in [0.15, 0.2) is 24.3 Å². The SMILES string of the molecule is CC1(NCC(C)(C)c2ccc(N)cc2)CCCOC1. The molecule has 1 aromatic carbocycles. The van der Waals surface area contributed by atoms with Crippen LogP contribution in [0, 0.1) is 0 Å². The van der Waals surface area contributed by atoms with Crippen molar-refractivity contribution in [1.82, 2.24) is 5.32 Å². The molecule has 0 spiro atoms. The molecule has 0 bridgehead atoms. The van der Waals surface area contributed by atoms with Crippen LogP contribution in [0.1, 0.15) is 39.2 Å². The molecule has 1 fully saturated rings. The predicted octanol–water partition coefficient (Wildman–Crippen LogP) is 2.71. The lowest BCUT2D eigenvalue weighted by atomic mass is 9.83. The summed E-state index contributed by atoms with van der Waals surface area (Å²) in [5, 5.41) is 3.70. The topological polar surface area (TPSA) is 47.3 Å². The lowest BCUT2D eigenvalue weighted by Gasteiger charge is -2.38. The first-order chi connectivity index (χ1) is 8.91. The highest BCUT2D eigenvalue weighted by Gasteiger charge is 2.30. The number of rotatable bonds is 4. The van der Waals surface area contributed by atoms with E-state index >= 15 is 0 Å². The summed E-state index contributed by atoms with van der Waals surface area (Å²) in [5.41, 5.74) is 8.09. The second-order valence-corrected chi connectivity index (χ2v) is 6.58. The van der Waals surface area contributed by atoms with Crippen LogP contribution in [0.25, 0.3) is 0 Å². The van der Waals surface area contributed by atoms with E-state index in [4.69, 9.17) is 10.5 Å². The van der Waals surface area contributed by atoms with Gasteiger partial charge in [0.1, 0.15) is 0 Å². The van der Waals surface area contributed by atoms with Gasteiger partial charge in [0.05, 0.1) is 6.61 Å². The Morgan fingerprint density at radius 1 is 1.32 bits per heavy atom. The molecule has 106 valence electrons. The molecule has 1 aromatic rings. The third kappa shape index (κ3) is 3.71. The largest absolute Gasteiger partial charge is 0.399 e. The monoisotopic (exact) mass is 262 g/mol. The molecule has 1 unspecified atom stereocenters. The minimum Gasteiger partial charge on any atom is -0.399 e. The summed E-state index contributed by atoms with van der Waals surface area (Å²) < 4.78 is 5.59. The zero-order chi connectivity index (χ0) is 13.9. The lowest BCUT2D eigenvalue weighted by Crippen LogP contribution is -2.52. The van der Waals surface area contributed by atoms with Gasteiger partial charge in [-0.15, -0.1) is 0 Å². The number of hydrogen-bond donors (Lipinski definition) is 2. The van der Waals surface area contributed by atoms with Gasteiger partial charge in [-0.1, -0.05) is 26.0 Å². The van der Waals surface area contributed by atoms with Gasteiger partial charge in [-0.3, -0.25) is 0 Å². The van der Waals surface area contributed by atoms with Gasteiger partial charge in [0, 0.05) is 29.8 Å². The number of nitrogen functional groups attached to an aromatic ring is 1. The summed E-state index contributed by atoms with van der Waals surface area (Å²) in [4.78, 5) is 0. The van der Waals surface area contributed by atoms with Crippen molar-refractivity contribution in [2.24, 2.45) is 0 Å². The molecule has 1 saturated heterocycles. The zero-order valence-corrected chi connectivity index (χ0v) is 12.3. The zero-order valence-electron chi connectivity index (χ0n) is 12.3. The minimum atomic E-state index is 0.0914. The Morgan fingerprint density at radius 2 is 2.00 bits per heavy atom. The molecule has 2 rings (SSSR count). The van der Waals surface area contributed by atoms with Crippen LogP contribution >= 0.6 is 0 Å². The number of nitrogens with two attached hydrogens (primary N) is 1. The average Bonchev–Trinajstić information content (AvgIpc) is 2.38. The van der Waals surface area contributed by atoms with Crippen molar-refractivity contribution < 1.29 is 4.74 Å². The van der Waals surface area contributed by atoms with Crippen molar-refractivity contribution in [3.05, 3.63) is 29.8 Å². The lowest BCUT2D eigenvalue weighted by molar-refractivity contribution is 0.0265. The van der Waals surface area contributed by atoms with Crippen molar-refractivity contribution >= 4 is 5.69 Å². The standard InChI is InChI=1S/C16H26N2O/c1-15(2,13-5-7-14(17)8-6-13)11-18-16(3)9-4-10-19-12-16/h5-8,18H,4,9-12,17H2,1-3H3. The van der Waals surface area contributed by atoms with Gasteiger partial charge in [-0.25, -0.2) is 0 Å². The summed E-state index contributed by atoms with van der Waals surface area (Å²) in [7, 11) is 0. The van der Waals surface area contributed by atoms with Crippen molar-refractivity contribution in [3.8, 4) is 0 Å². The van der Waals surface area contributed by atoms with Crippen LogP contribution in [-0.2, 0) is 10.2 Å². The quantitative estimate of drug-likeness (QED) is 0.820. The number of benzene rings is 1. The highest BCUT2D eigenvalue weighted by atomic mass is 16.5. The summed E-state index contributed by atoms with van der Waals surface area (Å²) in [6.07, 6.45) is 2.33. The maximum Gasteiger partial charge on any atom is 0.0645 e. The molecule has 0 amide bonds. The van der Waals surface area contributed by atoms with Gasteiger partial charge >= 0.3 is 0 Å². The van der Waals surface area contributed by atoms with E-state index < -0.39 is 0 Å². The molecule has 3 nitrogen and oxygen atoms in total. The van der Waals surface area contributed by atoms with E-state index in [1.807, 2.05) is 12.1 Å². The van der Waals surface area contributed by atoms with Crippen molar-refractivity contribution in [2.45, 2.75) is 44.6 Å². The van der Waals surface area contributed by atoms with E-state index in [0.29, 0.717) is 0 Å². The molecular weight excluding hydrogens is 236 g/mol. The second-order valence-electron chi connectivity index (χ2n) is 6.58. The predicted molar refractivity (Wildman–Crippen MR) is 80.3 cm³/mol. The smallest absolute Gasteiger partial charge is 0.0645 e. The van der Waals surface area contributed by atoms with Gasteiger partial charge < -0.3 is 15.8 Å². The molecule has 0 radical (unpaired) electrons. The van der Waals surface area contributed by atoms with Gasteiger partial charge in [0.2, 0.25) is 0 Å². The molecule has 0 saturated carbocycles. The molecule has 1 heterocycles. The molecule has 1 atom stereocenters. The molecule has 1 aliphatic heterocycles. The van der Waals surface area contributed by atoms with Gasteiger partial charge in [-0.2, -0.15) is 0 Å². The number of hydrogen-bond acceptors (Lipinski definition) is 3. The Kier molecular flexibility index (Phi) is 4.16. The highest BCUT2D eigenvalue weighted by Crippen LogP contribution is 2.25. The van der Waals surface area contributed by atoms with E-state index in [-0.39, 0.29) is 11.0 Å². The fraction of sp³-hybridized carbons (Fsp3) is 0.625. The minimum absolute atomic E-state index is 0.0914. The van der Waals surface area contributed by atoms with Gasteiger partial charge in [0.15, 0.2) is 0 Å². The van der Waals surface area contributed by atoms with E-state index in [1.54, 1.807) is 0 Å². The normalized spacial score (nSPS) is 24.4. The molecular formula is C16H26N2O. The third-order valence-electron chi connectivity index (χ3n) is 4.09. The summed E-state index contributed by atoms with van der Waals surface area (Å²) in [6.45, 7) is 9.43. The van der Waals surface area contributed by atoms with Crippen molar-refractivity contribution in [3.63, 3.8) is 0 Å². The maximum atomic E-state index is 5.75. The molecule has 0 aromatic heterocycles. The van der Waals surface area contributed by atoms with Crippen LogP contribution < -0.4 is 11.1 Å². The first-order valence-corrected chi connectivity index (χ1v) is 7.10.